The zero-order valence-corrected chi connectivity index (χ0v) is 17.1. The summed E-state index contributed by atoms with van der Waals surface area (Å²) in [7, 11) is 0. The monoisotopic (exact) mass is 447 g/mol. The highest BCUT2D eigenvalue weighted by atomic mass is 35.5. The minimum absolute atomic E-state index is 0.0721. The van der Waals surface area contributed by atoms with E-state index in [2.05, 4.69) is 5.32 Å². The van der Waals surface area contributed by atoms with Crippen LogP contribution < -0.4 is 10.1 Å². The number of hydrogen-bond acceptors (Lipinski definition) is 6. The minimum Gasteiger partial charge on any atom is -0.423 e. The van der Waals surface area contributed by atoms with Gasteiger partial charge in [0.2, 0.25) is 0 Å². The molecule has 3 rings (SSSR count). The van der Waals surface area contributed by atoms with Crippen LogP contribution in [0.25, 0.3) is 6.08 Å². The third kappa shape index (κ3) is 5.56. The van der Waals surface area contributed by atoms with Crippen molar-refractivity contribution in [2.24, 2.45) is 0 Å². The van der Waals surface area contributed by atoms with Crippen LogP contribution in [0.4, 0.5) is 11.4 Å². The molecule has 0 atom stereocenters. The number of carbonyl (C=O) groups is 2. The molecule has 0 heterocycles. The Balaban J connectivity index is 1.71. The Kier molecular flexibility index (Phi) is 6.95. The van der Waals surface area contributed by atoms with Crippen LogP contribution in [0.3, 0.4) is 0 Å². The Labute approximate surface area is 187 Å². The maximum atomic E-state index is 12.4. The number of amides is 1. The molecular formula is C23H14ClN3O5. The highest BCUT2D eigenvalue weighted by Crippen LogP contribution is 2.27. The topological polar surface area (TPSA) is 122 Å². The summed E-state index contributed by atoms with van der Waals surface area (Å²) < 4.78 is 5.28. The van der Waals surface area contributed by atoms with Crippen molar-refractivity contribution < 1.29 is 19.2 Å². The summed E-state index contributed by atoms with van der Waals surface area (Å²) in [6, 6.07) is 20.3. The van der Waals surface area contributed by atoms with Crippen molar-refractivity contribution in [3.8, 4) is 11.8 Å². The van der Waals surface area contributed by atoms with E-state index in [1.54, 1.807) is 48.5 Å². The van der Waals surface area contributed by atoms with E-state index < -0.39 is 16.8 Å². The summed E-state index contributed by atoms with van der Waals surface area (Å²) in [6.45, 7) is 0. The fraction of sp³-hybridized carbons (Fsp3) is 0. The minimum atomic E-state index is -0.747. The van der Waals surface area contributed by atoms with Gasteiger partial charge >= 0.3 is 5.97 Å². The largest absolute Gasteiger partial charge is 0.423 e. The molecule has 3 aromatic carbocycles. The Morgan fingerprint density at radius 1 is 1.06 bits per heavy atom. The fourth-order valence-corrected chi connectivity index (χ4v) is 2.80. The van der Waals surface area contributed by atoms with E-state index in [4.69, 9.17) is 16.3 Å². The molecule has 9 heteroatoms. The van der Waals surface area contributed by atoms with Gasteiger partial charge in [-0.1, -0.05) is 41.9 Å². The molecule has 0 fully saturated rings. The molecule has 0 aromatic heterocycles. The summed E-state index contributed by atoms with van der Waals surface area (Å²) in [4.78, 5) is 34.8. The lowest BCUT2D eigenvalue weighted by Gasteiger charge is -2.06. The molecule has 0 unspecified atom stereocenters. The van der Waals surface area contributed by atoms with Gasteiger partial charge in [-0.15, -0.1) is 0 Å². The molecule has 158 valence electrons. The van der Waals surface area contributed by atoms with Gasteiger partial charge in [0, 0.05) is 11.8 Å². The van der Waals surface area contributed by atoms with Crippen molar-refractivity contribution in [3.63, 3.8) is 0 Å². The van der Waals surface area contributed by atoms with Crippen LogP contribution >= 0.6 is 11.6 Å². The van der Waals surface area contributed by atoms with Crippen LogP contribution in [0.5, 0.6) is 5.75 Å². The normalized spacial score (nSPS) is 10.7. The standard InChI is InChI=1S/C23H14ClN3O5/c24-20-11-8-18(13-21(20)27(30)31)26-22(28)17(14-25)12-15-6-9-19(10-7-15)32-23(29)16-4-2-1-3-5-16/h1-13H,(H,26,28)/b17-12+. The van der Waals surface area contributed by atoms with Crippen LogP contribution in [0.1, 0.15) is 15.9 Å². The van der Waals surface area contributed by atoms with E-state index in [1.807, 2.05) is 0 Å². The molecule has 0 saturated heterocycles. The summed E-state index contributed by atoms with van der Waals surface area (Å²) in [5.41, 5.74) is 0.445. The van der Waals surface area contributed by atoms with Crippen LogP contribution in [0.2, 0.25) is 5.02 Å². The van der Waals surface area contributed by atoms with Gasteiger partial charge in [-0.25, -0.2) is 4.79 Å². The maximum absolute atomic E-state index is 12.4. The van der Waals surface area contributed by atoms with Gasteiger partial charge in [-0.2, -0.15) is 5.26 Å². The van der Waals surface area contributed by atoms with Crippen LogP contribution in [-0.4, -0.2) is 16.8 Å². The highest BCUT2D eigenvalue weighted by Gasteiger charge is 2.16. The highest BCUT2D eigenvalue weighted by molar-refractivity contribution is 6.32. The predicted molar refractivity (Wildman–Crippen MR) is 118 cm³/mol. The molecule has 1 N–H and O–H groups in total. The first kappa shape index (κ1) is 22.2. The van der Waals surface area contributed by atoms with Gasteiger partial charge < -0.3 is 10.1 Å². The third-order valence-corrected chi connectivity index (χ3v) is 4.50. The zero-order valence-electron chi connectivity index (χ0n) is 16.3. The number of halogens is 1. The average Bonchev–Trinajstić information content (AvgIpc) is 2.80. The van der Waals surface area contributed by atoms with Crippen LogP contribution in [-0.2, 0) is 4.79 Å². The molecule has 0 aliphatic rings. The quantitative estimate of drug-likeness (QED) is 0.141. The lowest BCUT2D eigenvalue weighted by molar-refractivity contribution is -0.384. The van der Waals surface area contributed by atoms with Gasteiger partial charge in [0.05, 0.1) is 10.5 Å². The number of carbonyl (C=O) groups excluding carboxylic acids is 2. The molecule has 8 nitrogen and oxygen atoms in total. The van der Waals surface area contributed by atoms with Crippen LogP contribution in [0, 0.1) is 21.4 Å². The number of anilines is 1. The maximum Gasteiger partial charge on any atom is 0.343 e. The van der Waals surface area contributed by atoms with Crippen molar-refractivity contribution in [2.45, 2.75) is 0 Å². The SMILES string of the molecule is N#C/C(=C\c1ccc(OC(=O)c2ccccc2)cc1)C(=O)Nc1ccc(Cl)c([N+](=O)[O-])c1. The summed E-state index contributed by atoms with van der Waals surface area (Å²) in [5.74, 6) is -0.959. The summed E-state index contributed by atoms with van der Waals surface area (Å²) in [5, 5.41) is 22.7. The Hall–Kier alpha value is -4.48. The van der Waals surface area contributed by atoms with E-state index in [1.165, 1.54) is 30.3 Å². The second-order valence-electron chi connectivity index (χ2n) is 6.37. The number of nitro groups is 1. The molecule has 3 aromatic rings. The Bertz CT molecular complexity index is 1250. The molecule has 0 spiro atoms. The van der Waals surface area contributed by atoms with Crippen molar-refractivity contribution in [2.75, 3.05) is 5.32 Å². The van der Waals surface area contributed by atoms with E-state index >= 15 is 0 Å². The lowest BCUT2D eigenvalue weighted by Crippen LogP contribution is -2.13. The predicted octanol–water partition coefficient (Wildman–Crippen LogP) is 5.01. The van der Waals surface area contributed by atoms with Crippen molar-refractivity contribution in [1.82, 2.24) is 0 Å². The lowest BCUT2D eigenvalue weighted by atomic mass is 10.1. The molecule has 1 amide bonds. The number of hydrogen-bond donors (Lipinski definition) is 1. The first-order valence-electron chi connectivity index (χ1n) is 9.12. The molecule has 32 heavy (non-hydrogen) atoms. The van der Waals surface area contributed by atoms with Gasteiger partial charge in [-0.05, 0) is 48.0 Å². The number of esters is 1. The van der Waals surface area contributed by atoms with Gasteiger partial charge in [0.1, 0.15) is 22.4 Å². The van der Waals surface area contributed by atoms with Crippen molar-refractivity contribution in [3.05, 3.63) is 105 Å². The number of rotatable bonds is 6. The van der Waals surface area contributed by atoms with Gasteiger partial charge in [0.15, 0.2) is 0 Å². The molecule has 0 aliphatic carbocycles. The first-order valence-corrected chi connectivity index (χ1v) is 9.49. The second-order valence-corrected chi connectivity index (χ2v) is 6.78. The average molecular weight is 448 g/mol. The fourth-order valence-electron chi connectivity index (χ4n) is 2.62. The van der Waals surface area contributed by atoms with Crippen molar-refractivity contribution in [1.29, 1.82) is 5.26 Å². The van der Waals surface area contributed by atoms with E-state index in [0.29, 0.717) is 16.9 Å². The first-order chi connectivity index (χ1) is 15.4. The molecule has 0 bridgehead atoms. The number of nitriles is 1. The Morgan fingerprint density at radius 3 is 2.38 bits per heavy atom. The Morgan fingerprint density at radius 2 is 1.75 bits per heavy atom. The van der Waals surface area contributed by atoms with E-state index in [-0.39, 0.29) is 22.0 Å². The number of ether oxygens (including phenoxy) is 1. The second kappa shape index (κ2) is 10.0. The van der Waals surface area contributed by atoms with Gasteiger partial charge in [-0.3, -0.25) is 14.9 Å². The van der Waals surface area contributed by atoms with Crippen LogP contribution in [0.15, 0.2) is 78.4 Å². The number of nitro benzene ring substituents is 1. The smallest absolute Gasteiger partial charge is 0.343 e. The third-order valence-electron chi connectivity index (χ3n) is 4.18. The van der Waals surface area contributed by atoms with Gasteiger partial charge in [0.25, 0.3) is 11.6 Å². The molecule has 0 saturated carbocycles. The molecule has 0 radical (unpaired) electrons. The van der Waals surface area contributed by atoms with Crippen molar-refractivity contribution >= 4 is 40.9 Å². The van der Waals surface area contributed by atoms with E-state index in [9.17, 15) is 25.0 Å². The molecule has 0 aliphatic heterocycles. The zero-order chi connectivity index (χ0) is 23.1. The number of benzene rings is 3. The number of nitrogens with one attached hydrogen (secondary N) is 1. The van der Waals surface area contributed by atoms with E-state index in [0.717, 1.165) is 6.07 Å². The summed E-state index contributed by atoms with van der Waals surface area (Å²) in [6.07, 6.45) is 1.34. The summed E-state index contributed by atoms with van der Waals surface area (Å²) >= 11 is 5.75. The number of nitrogens with zero attached hydrogens (tertiary/aromatic N) is 2. The molecular weight excluding hydrogens is 434 g/mol.